The number of amides is 1. The quantitative estimate of drug-likeness (QED) is 0.367. The van der Waals surface area contributed by atoms with Crippen LogP contribution in [0.5, 0.6) is 0 Å². The molecule has 106 valence electrons. The summed E-state index contributed by atoms with van der Waals surface area (Å²) in [4.78, 5) is 15.8. The van der Waals surface area contributed by atoms with Gasteiger partial charge in [0, 0.05) is 12.7 Å². The Balaban J connectivity index is 2.16. The van der Waals surface area contributed by atoms with Crippen LogP contribution in [0.15, 0.2) is 18.3 Å². The molecule has 19 heavy (non-hydrogen) atoms. The molecule has 1 rings (SSSR count). The molecule has 1 aromatic heterocycles. The number of pyridine rings is 1. The van der Waals surface area contributed by atoms with Crippen molar-refractivity contribution in [1.29, 1.82) is 0 Å². The molecule has 4 N–H and O–H groups in total. The largest absolute Gasteiger partial charge is 0.352 e. The van der Waals surface area contributed by atoms with Crippen molar-refractivity contribution >= 4 is 23.5 Å². The monoisotopic (exact) mass is 282 g/mol. The summed E-state index contributed by atoms with van der Waals surface area (Å²) in [6.07, 6.45) is 8.32. The zero-order valence-corrected chi connectivity index (χ0v) is 12.1. The van der Waals surface area contributed by atoms with E-state index in [-0.39, 0.29) is 5.91 Å². The zero-order valence-electron chi connectivity index (χ0n) is 11.3. The van der Waals surface area contributed by atoms with Gasteiger partial charge in [0.05, 0.1) is 5.56 Å². The molecule has 0 aromatic carbocycles. The fourth-order valence-corrected chi connectivity index (χ4v) is 2.14. The summed E-state index contributed by atoms with van der Waals surface area (Å²) in [5.74, 6) is 6.89. The molecule has 1 amide bonds. The Kier molecular flexibility index (Phi) is 8.00. The molecule has 1 heterocycles. The van der Waals surface area contributed by atoms with Crippen LogP contribution in [0.25, 0.3) is 0 Å². The van der Waals surface area contributed by atoms with Crippen LogP contribution in [0, 0.1) is 0 Å². The van der Waals surface area contributed by atoms with Gasteiger partial charge in [0.25, 0.3) is 5.91 Å². The third kappa shape index (κ3) is 6.45. The van der Waals surface area contributed by atoms with Crippen molar-refractivity contribution in [3.8, 4) is 0 Å². The number of hydrogen-bond acceptors (Lipinski definition) is 5. The number of aromatic nitrogens is 1. The third-order valence-corrected chi connectivity index (χ3v) is 3.43. The van der Waals surface area contributed by atoms with Gasteiger partial charge in [0.2, 0.25) is 0 Å². The number of hydrogen-bond donors (Lipinski definition) is 3. The SMILES string of the molecule is CSCCCCCCNC(=O)c1ccc(NN)nc1. The number of nitrogens with zero attached hydrogens (tertiary/aromatic N) is 1. The van der Waals surface area contributed by atoms with Crippen molar-refractivity contribution in [1.82, 2.24) is 10.3 Å². The molecular weight excluding hydrogens is 260 g/mol. The Bertz CT molecular complexity index is 369. The first-order valence-electron chi connectivity index (χ1n) is 6.47. The second-order valence-corrected chi connectivity index (χ2v) is 5.22. The smallest absolute Gasteiger partial charge is 0.252 e. The Morgan fingerprint density at radius 3 is 2.74 bits per heavy atom. The minimum absolute atomic E-state index is 0.0832. The summed E-state index contributed by atoms with van der Waals surface area (Å²) in [6.45, 7) is 0.717. The Morgan fingerprint density at radius 1 is 1.32 bits per heavy atom. The number of nitrogens with one attached hydrogen (secondary N) is 2. The Hall–Kier alpha value is -1.27. The summed E-state index contributed by atoms with van der Waals surface area (Å²) >= 11 is 1.88. The molecule has 1 aromatic rings. The van der Waals surface area contributed by atoms with Crippen molar-refractivity contribution < 1.29 is 4.79 Å². The van der Waals surface area contributed by atoms with Gasteiger partial charge < -0.3 is 10.7 Å². The summed E-state index contributed by atoms with van der Waals surface area (Å²) in [7, 11) is 0. The highest BCUT2D eigenvalue weighted by Crippen LogP contribution is 2.05. The summed E-state index contributed by atoms with van der Waals surface area (Å²) < 4.78 is 0. The summed E-state index contributed by atoms with van der Waals surface area (Å²) in [6, 6.07) is 3.38. The topological polar surface area (TPSA) is 80.0 Å². The highest BCUT2D eigenvalue weighted by molar-refractivity contribution is 7.98. The fourth-order valence-electron chi connectivity index (χ4n) is 1.64. The van der Waals surface area contributed by atoms with E-state index >= 15 is 0 Å². The fraction of sp³-hybridized carbons (Fsp3) is 0.538. The van der Waals surface area contributed by atoms with E-state index in [1.165, 1.54) is 24.8 Å². The number of unbranched alkanes of at least 4 members (excludes halogenated alkanes) is 3. The first kappa shape index (κ1) is 15.8. The van der Waals surface area contributed by atoms with E-state index in [4.69, 9.17) is 5.84 Å². The molecule has 5 nitrogen and oxygen atoms in total. The lowest BCUT2D eigenvalue weighted by molar-refractivity contribution is 0.0952. The van der Waals surface area contributed by atoms with Crippen LogP contribution in [0.1, 0.15) is 36.0 Å². The molecule has 0 saturated heterocycles. The van der Waals surface area contributed by atoms with E-state index in [0.717, 1.165) is 19.4 Å². The maximum absolute atomic E-state index is 11.8. The highest BCUT2D eigenvalue weighted by Gasteiger charge is 2.04. The van der Waals surface area contributed by atoms with Crippen molar-refractivity contribution in [2.45, 2.75) is 25.7 Å². The van der Waals surface area contributed by atoms with E-state index in [0.29, 0.717) is 11.4 Å². The minimum Gasteiger partial charge on any atom is -0.352 e. The number of carbonyl (C=O) groups excluding carboxylic acids is 1. The van der Waals surface area contributed by atoms with Gasteiger partial charge >= 0.3 is 0 Å². The van der Waals surface area contributed by atoms with Crippen LogP contribution in [-0.4, -0.2) is 29.4 Å². The molecule has 0 aliphatic heterocycles. The van der Waals surface area contributed by atoms with Crippen molar-refractivity contribution in [3.63, 3.8) is 0 Å². The number of hydrazine groups is 1. The van der Waals surface area contributed by atoms with E-state index in [1.54, 1.807) is 12.1 Å². The number of nitrogen functional groups attached to an aromatic ring is 1. The summed E-state index contributed by atoms with van der Waals surface area (Å²) in [5.41, 5.74) is 2.98. The third-order valence-electron chi connectivity index (χ3n) is 2.73. The number of anilines is 1. The number of carbonyl (C=O) groups is 1. The molecule has 0 spiro atoms. The van der Waals surface area contributed by atoms with Gasteiger partial charge in [-0.15, -0.1) is 0 Å². The first-order chi connectivity index (χ1) is 9.27. The van der Waals surface area contributed by atoms with Gasteiger partial charge in [-0.25, -0.2) is 10.8 Å². The molecule has 0 radical (unpaired) electrons. The lowest BCUT2D eigenvalue weighted by Gasteiger charge is -2.05. The van der Waals surface area contributed by atoms with Crippen molar-refractivity contribution in [2.24, 2.45) is 5.84 Å². The number of thioether (sulfide) groups is 1. The molecular formula is C13H22N4OS. The maximum atomic E-state index is 11.8. The molecule has 0 atom stereocenters. The van der Waals surface area contributed by atoms with Gasteiger partial charge in [0.15, 0.2) is 0 Å². The van der Waals surface area contributed by atoms with Crippen molar-refractivity contribution in [3.05, 3.63) is 23.9 Å². The van der Waals surface area contributed by atoms with E-state index < -0.39 is 0 Å². The van der Waals surface area contributed by atoms with Gasteiger partial charge in [-0.2, -0.15) is 11.8 Å². The van der Waals surface area contributed by atoms with Crippen molar-refractivity contribution in [2.75, 3.05) is 24.0 Å². The van der Waals surface area contributed by atoms with Gasteiger partial charge in [-0.3, -0.25) is 4.79 Å². The highest BCUT2D eigenvalue weighted by atomic mass is 32.2. The second-order valence-electron chi connectivity index (χ2n) is 4.24. The Labute approximate surface area is 118 Å². The van der Waals surface area contributed by atoms with Crippen LogP contribution in [0.3, 0.4) is 0 Å². The normalized spacial score (nSPS) is 10.2. The standard InChI is InChI=1S/C13H22N4OS/c1-19-9-5-3-2-4-8-15-13(18)11-6-7-12(17-14)16-10-11/h6-7,10H,2-5,8-9,14H2,1H3,(H,15,18)(H,16,17). The lowest BCUT2D eigenvalue weighted by Crippen LogP contribution is -2.24. The van der Waals surface area contributed by atoms with Crippen LogP contribution >= 0.6 is 11.8 Å². The van der Waals surface area contributed by atoms with Crippen LogP contribution in [0.2, 0.25) is 0 Å². The molecule has 0 aliphatic carbocycles. The van der Waals surface area contributed by atoms with Crippen LogP contribution in [0.4, 0.5) is 5.82 Å². The molecule has 0 bridgehead atoms. The maximum Gasteiger partial charge on any atom is 0.252 e. The average molecular weight is 282 g/mol. The van der Waals surface area contributed by atoms with E-state index in [2.05, 4.69) is 22.0 Å². The van der Waals surface area contributed by atoms with Crippen LogP contribution in [-0.2, 0) is 0 Å². The Morgan fingerprint density at radius 2 is 2.11 bits per heavy atom. The van der Waals surface area contributed by atoms with Crippen LogP contribution < -0.4 is 16.6 Å². The predicted octanol–water partition coefficient (Wildman–Crippen LogP) is 2.02. The zero-order chi connectivity index (χ0) is 13.9. The second kappa shape index (κ2) is 9.63. The molecule has 0 unspecified atom stereocenters. The predicted molar refractivity (Wildman–Crippen MR) is 81.2 cm³/mol. The first-order valence-corrected chi connectivity index (χ1v) is 7.87. The number of rotatable bonds is 9. The molecule has 6 heteroatoms. The average Bonchev–Trinajstić information content (AvgIpc) is 2.46. The van der Waals surface area contributed by atoms with E-state index in [1.807, 2.05) is 11.8 Å². The van der Waals surface area contributed by atoms with Gasteiger partial charge in [-0.05, 0) is 37.0 Å². The lowest BCUT2D eigenvalue weighted by atomic mass is 10.2. The van der Waals surface area contributed by atoms with Gasteiger partial charge in [-0.1, -0.05) is 12.8 Å². The molecule has 0 saturated carbocycles. The molecule has 0 fully saturated rings. The molecule has 0 aliphatic rings. The summed E-state index contributed by atoms with van der Waals surface area (Å²) in [5, 5.41) is 2.89. The number of nitrogens with two attached hydrogens (primary N) is 1. The van der Waals surface area contributed by atoms with Gasteiger partial charge in [0.1, 0.15) is 5.82 Å². The minimum atomic E-state index is -0.0832. The van der Waals surface area contributed by atoms with E-state index in [9.17, 15) is 4.79 Å².